The number of piperazine rings is 1. The lowest BCUT2D eigenvalue weighted by atomic mass is 9.94. The standard InChI is InChI=1S/C19H29ClN6O/c20-14-6-8-15(9-7-14)21-18-17(22-24-23-18)19(27)26-12-10-25(11-13-26)16-4-2-1-3-5-16/h6-9,16-18,21-24H,1-5,10-13H2. The number of benzene rings is 1. The van der Waals surface area contributed by atoms with Crippen molar-refractivity contribution in [2.24, 2.45) is 0 Å². The van der Waals surface area contributed by atoms with Crippen molar-refractivity contribution in [1.82, 2.24) is 26.2 Å². The fraction of sp³-hybridized carbons (Fsp3) is 0.632. The maximum absolute atomic E-state index is 13.0. The molecule has 8 heteroatoms. The van der Waals surface area contributed by atoms with Crippen molar-refractivity contribution >= 4 is 23.2 Å². The van der Waals surface area contributed by atoms with Gasteiger partial charge in [0.1, 0.15) is 12.2 Å². The predicted octanol–water partition coefficient (Wildman–Crippen LogP) is 1.54. The quantitative estimate of drug-likeness (QED) is 0.623. The topological polar surface area (TPSA) is 71.7 Å². The summed E-state index contributed by atoms with van der Waals surface area (Å²) in [4.78, 5) is 17.6. The molecular formula is C19H29ClN6O. The fourth-order valence-electron chi connectivity index (χ4n) is 4.36. The summed E-state index contributed by atoms with van der Waals surface area (Å²) in [6, 6.07) is 7.85. The van der Waals surface area contributed by atoms with E-state index in [9.17, 15) is 4.79 Å². The van der Waals surface area contributed by atoms with Gasteiger partial charge in [-0.05, 0) is 37.1 Å². The molecule has 0 radical (unpaired) electrons. The minimum Gasteiger partial charge on any atom is -0.367 e. The molecule has 1 aliphatic carbocycles. The number of hydrogen-bond donors (Lipinski definition) is 4. The third-order valence-corrected chi connectivity index (χ3v) is 6.19. The molecule has 0 spiro atoms. The van der Waals surface area contributed by atoms with E-state index in [1.807, 2.05) is 29.2 Å². The van der Waals surface area contributed by atoms with Crippen LogP contribution in [-0.4, -0.2) is 60.1 Å². The number of rotatable bonds is 4. The number of hydrazine groups is 2. The Balaban J connectivity index is 1.31. The van der Waals surface area contributed by atoms with Crippen LogP contribution < -0.4 is 21.7 Å². The Labute approximate surface area is 165 Å². The average Bonchev–Trinajstić information content (AvgIpc) is 3.18. The molecule has 3 aliphatic rings. The van der Waals surface area contributed by atoms with Gasteiger partial charge in [0, 0.05) is 42.9 Å². The van der Waals surface area contributed by atoms with E-state index in [0.717, 1.165) is 37.9 Å². The van der Waals surface area contributed by atoms with Crippen LogP contribution in [0.25, 0.3) is 0 Å². The van der Waals surface area contributed by atoms with Crippen molar-refractivity contribution in [3.63, 3.8) is 0 Å². The summed E-state index contributed by atoms with van der Waals surface area (Å²) in [5.74, 6) is 0.127. The summed E-state index contributed by atoms with van der Waals surface area (Å²) in [5, 5.41) is 4.04. The van der Waals surface area contributed by atoms with Crippen LogP contribution in [0.15, 0.2) is 24.3 Å². The largest absolute Gasteiger partial charge is 0.367 e. The van der Waals surface area contributed by atoms with Gasteiger partial charge in [-0.15, -0.1) is 0 Å². The van der Waals surface area contributed by atoms with Crippen molar-refractivity contribution in [2.75, 3.05) is 31.5 Å². The van der Waals surface area contributed by atoms with Gasteiger partial charge in [-0.25, -0.2) is 10.9 Å². The summed E-state index contributed by atoms with van der Waals surface area (Å²) >= 11 is 5.94. The molecule has 7 nitrogen and oxygen atoms in total. The van der Waals surface area contributed by atoms with Crippen LogP contribution in [0.3, 0.4) is 0 Å². The zero-order valence-corrected chi connectivity index (χ0v) is 16.3. The van der Waals surface area contributed by atoms with Gasteiger partial charge in [0.15, 0.2) is 0 Å². The second-order valence-electron chi connectivity index (χ2n) is 7.67. The van der Waals surface area contributed by atoms with Crippen LogP contribution in [0.4, 0.5) is 5.69 Å². The highest BCUT2D eigenvalue weighted by atomic mass is 35.5. The van der Waals surface area contributed by atoms with Crippen LogP contribution in [0.2, 0.25) is 5.02 Å². The van der Waals surface area contributed by atoms with Crippen molar-refractivity contribution < 1.29 is 4.79 Å². The number of anilines is 1. The van der Waals surface area contributed by atoms with E-state index in [-0.39, 0.29) is 18.1 Å². The Morgan fingerprint density at radius 2 is 1.70 bits per heavy atom. The Bertz CT molecular complexity index is 628. The normalized spacial score (nSPS) is 27.7. The molecule has 0 aromatic heterocycles. The maximum atomic E-state index is 13.0. The van der Waals surface area contributed by atoms with E-state index in [1.54, 1.807) is 0 Å². The minimum absolute atomic E-state index is 0.127. The number of halogens is 1. The maximum Gasteiger partial charge on any atom is 0.244 e. The summed E-state index contributed by atoms with van der Waals surface area (Å²) in [7, 11) is 0. The van der Waals surface area contributed by atoms with E-state index in [0.29, 0.717) is 5.02 Å². The SMILES string of the molecule is O=C(C1NNNC1Nc1ccc(Cl)cc1)N1CCN(C2CCCCC2)CC1. The first-order valence-corrected chi connectivity index (χ1v) is 10.4. The molecule has 1 aromatic carbocycles. The van der Waals surface area contributed by atoms with Crippen molar-refractivity contribution in [1.29, 1.82) is 0 Å². The van der Waals surface area contributed by atoms with Gasteiger partial charge in [0.25, 0.3) is 0 Å². The molecule has 3 fully saturated rings. The summed E-state index contributed by atoms with van der Waals surface area (Å²) in [6.45, 7) is 3.58. The highest BCUT2D eigenvalue weighted by Crippen LogP contribution is 2.24. The number of hydrogen-bond acceptors (Lipinski definition) is 6. The van der Waals surface area contributed by atoms with Crippen molar-refractivity contribution in [3.05, 3.63) is 29.3 Å². The monoisotopic (exact) mass is 392 g/mol. The summed E-state index contributed by atoms with van der Waals surface area (Å²) < 4.78 is 0. The molecule has 2 saturated heterocycles. The molecule has 1 saturated carbocycles. The van der Waals surface area contributed by atoms with Crippen LogP contribution >= 0.6 is 11.6 Å². The summed E-state index contributed by atoms with van der Waals surface area (Å²) in [5.41, 5.74) is 9.95. The van der Waals surface area contributed by atoms with Crippen LogP contribution in [-0.2, 0) is 4.79 Å². The lowest BCUT2D eigenvalue weighted by Gasteiger charge is -2.41. The van der Waals surface area contributed by atoms with E-state index in [4.69, 9.17) is 11.6 Å². The minimum atomic E-state index is -0.359. The lowest BCUT2D eigenvalue weighted by molar-refractivity contribution is -0.135. The molecule has 148 valence electrons. The second-order valence-corrected chi connectivity index (χ2v) is 8.11. The first-order valence-electron chi connectivity index (χ1n) is 10.0. The molecule has 4 rings (SSSR count). The highest BCUT2D eigenvalue weighted by molar-refractivity contribution is 6.30. The molecule has 1 amide bonds. The molecule has 0 bridgehead atoms. The fourth-order valence-corrected chi connectivity index (χ4v) is 4.49. The molecule has 2 unspecified atom stereocenters. The Morgan fingerprint density at radius 1 is 1.00 bits per heavy atom. The van der Waals surface area contributed by atoms with Crippen molar-refractivity contribution in [3.8, 4) is 0 Å². The molecule has 4 N–H and O–H groups in total. The lowest BCUT2D eigenvalue weighted by Crippen LogP contribution is -2.58. The second kappa shape index (κ2) is 8.75. The number of carbonyl (C=O) groups excluding carboxylic acids is 1. The third kappa shape index (κ3) is 4.55. The van der Waals surface area contributed by atoms with Crippen LogP contribution in [0.5, 0.6) is 0 Å². The molecule has 2 aliphatic heterocycles. The van der Waals surface area contributed by atoms with Gasteiger partial charge in [-0.2, -0.15) is 5.53 Å². The molecule has 2 heterocycles. The zero-order valence-electron chi connectivity index (χ0n) is 15.6. The number of nitrogens with zero attached hydrogens (tertiary/aromatic N) is 2. The van der Waals surface area contributed by atoms with Crippen molar-refractivity contribution in [2.45, 2.75) is 50.4 Å². The van der Waals surface area contributed by atoms with Gasteiger partial charge < -0.3 is 10.2 Å². The van der Waals surface area contributed by atoms with Gasteiger partial charge in [-0.1, -0.05) is 30.9 Å². The highest BCUT2D eigenvalue weighted by Gasteiger charge is 2.37. The molecule has 1 aromatic rings. The average molecular weight is 393 g/mol. The van der Waals surface area contributed by atoms with E-state index >= 15 is 0 Å². The van der Waals surface area contributed by atoms with E-state index < -0.39 is 0 Å². The summed E-state index contributed by atoms with van der Waals surface area (Å²) in [6.07, 6.45) is 6.49. The Hall–Kier alpha value is -1.38. The third-order valence-electron chi connectivity index (χ3n) is 5.94. The van der Waals surface area contributed by atoms with Crippen LogP contribution in [0.1, 0.15) is 32.1 Å². The first-order chi connectivity index (χ1) is 13.2. The van der Waals surface area contributed by atoms with Gasteiger partial charge in [0.2, 0.25) is 5.91 Å². The number of nitrogens with one attached hydrogen (secondary N) is 4. The number of amides is 1. The smallest absolute Gasteiger partial charge is 0.244 e. The van der Waals surface area contributed by atoms with Gasteiger partial charge >= 0.3 is 0 Å². The predicted molar refractivity (Wildman–Crippen MR) is 107 cm³/mol. The molecule has 27 heavy (non-hydrogen) atoms. The Morgan fingerprint density at radius 3 is 2.41 bits per heavy atom. The van der Waals surface area contributed by atoms with E-state index in [2.05, 4.69) is 26.6 Å². The van der Waals surface area contributed by atoms with Crippen LogP contribution in [0, 0.1) is 0 Å². The molecule has 2 atom stereocenters. The van der Waals surface area contributed by atoms with Gasteiger partial charge in [0.05, 0.1) is 0 Å². The first kappa shape index (κ1) is 19.0. The Kier molecular flexibility index (Phi) is 6.14. The van der Waals surface area contributed by atoms with Gasteiger partial charge in [-0.3, -0.25) is 9.69 Å². The van der Waals surface area contributed by atoms with E-state index in [1.165, 1.54) is 32.1 Å². The zero-order chi connectivity index (χ0) is 18.6. The number of carbonyl (C=O) groups is 1. The molecular weight excluding hydrogens is 364 g/mol.